The highest BCUT2D eigenvalue weighted by Gasteiger charge is 2.24. The Bertz CT molecular complexity index is 276. The Labute approximate surface area is 98.9 Å². The van der Waals surface area contributed by atoms with E-state index in [9.17, 15) is 13.0 Å². The molecule has 98 valence electrons. The number of rotatable bonds is 2. The van der Waals surface area contributed by atoms with E-state index in [1.165, 1.54) is 36.6 Å². The molecular weight excluding hydrogens is 230 g/mol. The molecule has 0 aliphatic heterocycles. The molecule has 16 heavy (non-hydrogen) atoms. The number of hydrogen-bond acceptors (Lipinski definition) is 4. The minimum absolute atomic E-state index is 0.808. The minimum Gasteiger partial charge on any atom is -0.726 e. The van der Waals surface area contributed by atoms with Crippen molar-refractivity contribution in [3.63, 3.8) is 0 Å². The summed E-state index contributed by atoms with van der Waals surface area (Å²) in [4.78, 5) is 0. The minimum atomic E-state index is -4.41. The van der Waals surface area contributed by atoms with E-state index in [4.69, 9.17) is 0 Å². The van der Waals surface area contributed by atoms with Crippen LogP contribution in [0.25, 0.3) is 0 Å². The Morgan fingerprint density at radius 3 is 1.69 bits per heavy atom. The first-order chi connectivity index (χ1) is 7.17. The van der Waals surface area contributed by atoms with Crippen LogP contribution in [0.2, 0.25) is 0 Å². The molecule has 0 aromatic heterocycles. The summed E-state index contributed by atoms with van der Waals surface area (Å²) < 4.78 is 32.2. The van der Waals surface area contributed by atoms with Gasteiger partial charge in [-0.1, -0.05) is 6.42 Å². The van der Waals surface area contributed by atoms with Crippen molar-refractivity contribution in [2.45, 2.75) is 38.1 Å². The molecular formula is C10H23NO4S. The highest BCUT2D eigenvalue weighted by molar-refractivity contribution is 7.80. The second kappa shape index (κ2) is 6.54. The highest BCUT2D eigenvalue weighted by Crippen LogP contribution is 2.23. The summed E-state index contributed by atoms with van der Waals surface area (Å²) >= 11 is 0. The maximum Gasteiger partial charge on any atom is 0.217 e. The van der Waals surface area contributed by atoms with Crippen molar-refractivity contribution in [1.82, 2.24) is 0 Å². The van der Waals surface area contributed by atoms with E-state index in [1.54, 1.807) is 0 Å². The molecule has 0 unspecified atom stereocenters. The normalized spacial score (nSPS) is 18.8. The lowest BCUT2D eigenvalue weighted by molar-refractivity contribution is -0.897. The lowest BCUT2D eigenvalue weighted by atomic mass is 9.94. The monoisotopic (exact) mass is 253 g/mol. The van der Waals surface area contributed by atoms with Crippen molar-refractivity contribution in [3.05, 3.63) is 0 Å². The molecule has 1 aliphatic rings. The molecule has 0 bridgehead atoms. The molecule has 0 aromatic carbocycles. The van der Waals surface area contributed by atoms with Crippen molar-refractivity contribution in [2.75, 3.05) is 28.3 Å². The molecule has 1 rings (SSSR count). The van der Waals surface area contributed by atoms with Crippen molar-refractivity contribution in [2.24, 2.45) is 0 Å². The fraction of sp³-hybridized carbons (Fsp3) is 1.00. The van der Waals surface area contributed by atoms with Gasteiger partial charge in [-0.25, -0.2) is 8.42 Å². The summed E-state index contributed by atoms with van der Waals surface area (Å²) in [6.07, 6.45) is 7.28. The lowest BCUT2D eigenvalue weighted by Gasteiger charge is -2.36. The summed E-state index contributed by atoms with van der Waals surface area (Å²) in [7, 11) is 3.34. The van der Waals surface area contributed by atoms with Crippen molar-refractivity contribution in [1.29, 1.82) is 0 Å². The average molecular weight is 253 g/mol. The summed E-state index contributed by atoms with van der Waals surface area (Å²) in [5.74, 6) is 0. The maximum atomic E-state index is 9.22. The molecule has 6 heteroatoms. The van der Waals surface area contributed by atoms with Crippen molar-refractivity contribution in [3.8, 4) is 0 Å². The maximum absolute atomic E-state index is 9.22. The summed E-state index contributed by atoms with van der Waals surface area (Å²) in [6.45, 7) is 0. The molecule has 1 saturated carbocycles. The van der Waals surface area contributed by atoms with Gasteiger partial charge in [0.05, 0.1) is 34.3 Å². The zero-order valence-corrected chi connectivity index (χ0v) is 11.4. The van der Waals surface area contributed by atoms with Crippen LogP contribution in [0.1, 0.15) is 32.1 Å². The van der Waals surface area contributed by atoms with Gasteiger partial charge < -0.3 is 9.04 Å². The van der Waals surface area contributed by atoms with Crippen LogP contribution in [0.3, 0.4) is 0 Å². The molecule has 0 atom stereocenters. The van der Waals surface area contributed by atoms with Gasteiger partial charge in [0.1, 0.15) is 0 Å². The van der Waals surface area contributed by atoms with Crippen LogP contribution in [0.4, 0.5) is 0 Å². The predicted molar refractivity (Wildman–Crippen MR) is 61.6 cm³/mol. The van der Waals surface area contributed by atoms with Crippen LogP contribution in [0.5, 0.6) is 0 Å². The van der Waals surface area contributed by atoms with Gasteiger partial charge in [-0.2, -0.15) is 0 Å². The quantitative estimate of drug-likeness (QED) is 0.420. The SMILES string of the molecule is COS(=O)(=O)[O-].C[N+](C)(C)C1CCCCC1. The van der Waals surface area contributed by atoms with Crippen molar-refractivity contribution >= 4 is 10.4 Å². The standard InChI is InChI=1S/C9H20N.CH4O4S/c1-10(2,3)9-7-5-4-6-8-9;1-5-6(2,3)4/h9H,4-8H2,1-3H3;1H3,(H,2,3,4)/q+1;/p-1. The molecule has 0 radical (unpaired) electrons. The zero-order chi connectivity index (χ0) is 12.8. The summed E-state index contributed by atoms with van der Waals surface area (Å²) in [6, 6.07) is 0.939. The number of hydrogen-bond donors (Lipinski definition) is 0. The second-order valence-corrected chi connectivity index (χ2v) is 6.13. The van der Waals surface area contributed by atoms with E-state index in [-0.39, 0.29) is 0 Å². The van der Waals surface area contributed by atoms with Gasteiger partial charge in [-0.15, -0.1) is 0 Å². The Morgan fingerprint density at radius 2 is 1.50 bits per heavy atom. The highest BCUT2D eigenvalue weighted by atomic mass is 32.3. The molecule has 1 aliphatic carbocycles. The van der Waals surface area contributed by atoms with Crippen LogP contribution in [-0.2, 0) is 14.6 Å². The number of quaternary nitrogens is 1. The van der Waals surface area contributed by atoms with Gasteiger partial charge in [-0.05, 0) is 25.7 Å². The lowest BCUT2D eigenvalue weighted by Crippen LogP contribution is -2.45. The van der Waals surface area contributed by atoms with Gasteiger partial charge in [0, 0.05) is 0 Å². The fourth-order valence-electron chi connectivity index (χ4n) is 1.86. The van der Waals surface area contributed by atoms with E-state index < -0.39 is 10.4 Å². The molecule has 0 spiro atoms. The van der Waals surface area contributed by atoms with Crippen LogP contribution in [0, 0.1) is 0 Å². The Balaban J connectivity index is 0.000000325. The van der Waals surface area contributed by atoms with Gasteiger partial charge in [0.2, 0.25) is 10.4 Å². The van der Waals surface area contributed by atoms with Gasteiger partial charge in [0.15, 0.2) is 0 Å². The third kappa shape index (κ3) is 8.04. The first kappa shape index (κ1) is 15.8. The zero-order valence-electron chi connectivity index (χ0n) is 10.6. The Morgan fingerprint density at radius 1 is 1.12 bits per heavy atom. The molecule has 0 aromatic rings. The van der Waals surface area contributed by atoms with Crippen LogP contribution in [0.15, 0.2) is 0 Å². The molecule has 1 fully saturated rings. The molecule has 0 saturated heterocycles. The smallest absolute Gasteiger partial charge is 0.217 e. The average Bonchev–Trinajstić information content (AvgIpc) is 2.18. The van der Waals surface area contributed by atoms with Crippen LogP contribution in [-0.4, -0.2) is 51.7 Å². The fourth-order valence-corrected chi connectivity index (χ4v) is 1.86. The first-order valence-electron chi connectivity index (χ1n) is 5.49. The molecule has 5 nitrogen and oxygen atoms in total. The van der Waals surface area contributed by atoms with E-state index in [0.29, 0.717) is 0 Å². The van der Waals surface area contributed by atoms with E-state index in [2.05, 4.69) is 25.3 Å². The summed E-state index contributed by atoms with van der Waals surface area (Å²) in [5.41, 5.74) is 0. The third-order valence-electron chi connectivity index (χ3n) is 2.87. The Hall–Kier alpha value is -0.170. The van der Waals surface area contributed by atoms with Gasteiger partial charge in [-0.3, -0.25) is 4.18 Å². The van der Waals surface area contributed by atoms with E-state index in [0.717, 1.165) is 13.2 Å². The summed E-state index contributed by atoms with van der Waals surface area (Å²) in [5, 5.41) is 0. The van der Waals surface area contributed by atoms with E-state index >= 15 is 0 Å². The Kier molecular flexibility index (Phi) is 6.47. The predicted octanol–water partition coefficient (Wildman–Crippen LogP) is 1.12. The molecule has 0 amide bonds. The molecule has 0 N–H and O–H groups in total. The van der Waals surface area contributed by atoms with Crippen LogP contribution >= 0.6 is 0 Å². The van der Waals surface area contributed by atoms with Gasteiger partial charge in [0.25, 0.3) is 0 Å². The number of nitrogens with zero attached hydrogens (tertiary/aromatic N) is 1. The first-order valence-corrected chi connectivity index (χ1v) is 6.82. The second-order valence-electron chi connectivity index (χ2n) is 4.98. The van der Waals surface area contributed by atoms with Gasteiger partial charge >= 0.3 is 0 Å². The topological polar surface area (TPSA) is 66.4 Å². The van der Waals surface area contributed by atoms with Crippen LogP contribution < -0.4 is 0 Å². The van der Waals surface area contributed by atoms with E-state index in [1.807, 2.05) is 0 Å². The van der Waals surface area contributed by atoms with Crippen molar-refractivity contribution < 1.29 is 21.6 Å². The largest absolute Gasteiger partial charge is 0.726 e. The third-order valence-corrected chi connectivity index (χ3v) is 3.28. The molecule has 0 heterocycles.